The Kier molecular flexibility index (Phi) is 7.87. The van der Waals surface area contributed by atoms with Crippen LogP contribution in [0.15, 0.2) is 48.5 Å². The van der Waals surface area contributed by atoms with Gasteiger partial charge < -0.3 is 20.1 Å². The zero-order chi connectivity index (χ0) is 20.5. The van der Waals surface area contributed by atoms with Gasteiger partial charge in [0, 0.05) is 25.1 Å². The van der Waals surface area contributed by atoms with Crippen LogP contribution in [-0.4, -0.2) is 39.1 Å². The molecular formula is C22H28N2O4. The molecule has 2 aromatic carbocycles. The average molecular weight is 384 g/mol. The Morgan fingerprint density at radius 1 is 1.04 bits per heavy atom. The minimum absolute atomic E-state index is 0.119. The van der Waals surface area contributed by atoms with Crippen LogP contribution in [0.4, 0.5) is 0 Å². The monoisotopic (exact) mass is 384 g/mol. The number of hydrogen-bond donors (Lipinski definition) is 2. The van der Waals surface area contributed by atoms with E-state index in [-0.39, 0.29) is 24.3 Å². The van der Waals surface area contributed by atoms with Crippen LogP contribution in [0.2, 0.25) is 0 Å². The summed E-state index contributed by atoms with van der Waals surface area (Å²) in [6.07, 6.45) is 0. The molecule has 0 fully saturated rings. The Morgan fingerprint density at radius 3 is 2.36 bits per heavy atom. The molecule has 0 saturated carbocycles. The number of rotatable bonds is 9. The third-order valence-corrected chi connectivity index (χ3v) is 4.58. The van der Waals surface area contributed by atoms with Crippen molar-refractivity contribution in [2.45, 2.75) is 19.8 Å². The number of ether oxygens (including phenoxy) is 2. The molecule has 0 spiro atoms. The van der Waals surface area contributed by atoms with E-state index in [9.17, 15) is 9.59 Å². The highest BCUT2D eigenvalue weighted by atomic mass is 16.5. The van der Waals surface area contributed by atoms with E-state index in [1.54, 1.807) is 18.2 Å². The molecule has 0 aliphatic rings. The summed E-state index contributed by atoms with van der Waals surface area (Å²) >= 11 is 0. The third kappa shape index (κ3) is 5.74. The fourth-order valence-electron chi connectivity index (χ4n) is 2.89. The zero-order valence-electron chi connectivity index (χ0n) is 16.8. The highest BCUT2D eigenvalue weighted by Gasteiger charge is 2.18. The molecule has 6 heteroatoms. The first kappa shape index (κ1) is 21.3. The molecule has 1 unspecified atom stereocenters. The van der Waals surface area contributed by atoms with Crippen LogP contribution in [0, 0.1) is 5.92 Å². The van der Waals surface area contributed by atoms with Gasteiger partial charge in [-0.15, -0.1) is 0 Å². The van der Waals surface area contributed by atoms with Gasteiger partial charge in [0.1, 0.15) is 0 Å². The average Bonchev–Trinajstić information content (AvgIpc) is 2.72. The number of hydrogen-bond acceptors (Lipinski definition) is 4. The molecular weight excluding hydrogens is 356 g/mol. The van der Waals surface area contributed by atoms with Gasteiger partial charge >= 0.3 is 0 Å². The second kappa shape index (κ2) is 10.3. The number of nitrogens with one attached hydrogen (secondary N) is 2. The van der Waals surface area contributed by atoms with Crippen molar-refractivity contribution in [2.24, 2.45) is 5.92 Å². The van der Waals surface area contributed by atoms with Crippen LogP contribution >= 0.6 is 0 Å². The van der Waals surface area contributed by atoms with Crippen LogP contribution in [0.5, 0.6) is 11.5 Å². The molecule has 2 rings (SSSR count). The maximum absolute atomic E-state index is 12.6. The third-order valence-electron chi connectivity index (χ3n) is 4.58. The molecule has 2 N–H and O–H groups in total. The van der Waals surface area contributed by atoms with Gasteiger partial charge in [-0.25, -0.2) is 0 Å². The molecule has 0 saturated heterocycles. The first-order valence-electron chi connectivity index (χ1n) is 9.30. The van der Waals surface area contributed by atoms with Crippen molar-refractivity contribution in [1.29, 1.82) is 0 Å². The van der Waals surface area contributed by atoms with Crippen LogP contribution in [0.3, 0.4) is 0 Å². The SMILES string of the molecule is CNC(=O)COc1ccc(C(=O)NCC(c2ccccc2)C(C)C)cc1OC. The van der Waals surface area contributed by atoms with Crippen molar-refractivity contribution in [2.75, 3.05) is 27.3 Å². The van der Waals surface area contributed by atoms with E-state index in [4.69, 9.17) is 9.47 Å². The molecule has 2 aromatic rings. The second-order valence-electron chi connectivity index (χ2n) is 6.80. The van der Waals surface area contributed by atoms with Crippen molar-refractivity contribution >= 4 is 11.8 Å². The second-order valence-corrected chi connectivity index (χ2v) is 6.80. The molecule has 0 aliphatic carbocycles. The van der Waals surface area contributed by atoms with E-state index < -0.39 is 0 Å². The fourth-order valence-corrected chi connectivity index (χ4v) is 2.89. The summed E-state index contributed by atoms with van der Waals surface area (Å²) in [4.78, 5) is 24.0. The van der Waals surface area contributed by atoms with Gasteiger partial charge in [-0.1, -0.05) is 44.2 Å². The molecule has 0 aromatic heterocycles. The minimum atomic E-state index is -0.246. The molecule has 28 heavy (non-hydrogen) atoms. The molecule has 0 bridgehead atoms. The fraction of sp³-hybridized carbons (Fsp3) is 0.364. The summed E-state index contributed by atoms with van der Waals surface area (Å²) in [6.45, 7) is 4.71. The van der Waals surface area contributed by atoms with E-state index in [2.05, 4.69) is 36.6 Å². The zero-order valence-corrected chi connectivity index (χ0v) is 16.8. The Hall–Kier alpha value is -3.02. The normalized spacial score (nSPS) is 11.6. The van der Waals surface area contributed by atoms with Gasteiger partial charge in [-0.05, 0) is 29.7 Å². The van der Waals surface area contributed by atoms with Crippen molar-refractivity contribution < 1.29 is 19.1 Å². The number of benzene rings is 2. The largest absolute Gasteiger partial charge is 0.493 e. The summed E-state index contributed by atoms with van der Waals surface area (Å²) in [6, 6.07) is 15.1. The summed E-state index contributed by atoms with van der Waals surface area (Å²) in [5.74, 6) is 0.995. The predicted octanol–water partition coefficient (Wildman–Crippen LogP) is 2.99. The van der Waals surface area contributed by atoms with Gasteiger partial charge in [-0.3, -0.25) is 9.59 Å². The molecule has 6 nitrogen and oxygen atoms in total. The maximum atomic E-state index is 12.6. The van der Waals surface area contributed by atoms with Crippen molar-refractivity contribution in [3.63, 3.8) is 0 Å². The first-order chi connectivity index (χ1) is 13.5. The van der Waals surface area contributed by atoms with Crippen LogP contribution in [-0.2, 0) is 4.79 Å². The van der Waals surface area contributed by atoms with Crippen molar-refractivity contribution in [1.82, 2.24) is 10.6 Å². The van der Waals surface area contributed by atoms with Crippen molar-refractivity contribution in [3.05, 3.63) is 59.7 Å². The Bertz CT molecular complexity index is 790. The number of carbonyl (C=O) groups is 2. The number of likely N-dealkylation sites (N-methyl/N-ethyl adjacent to an activating group) is 1. The quantitative estimate of drug-likeness (QED) is 0.697. The Morgan fingerprint density at radius 2 is 1.75 bits per heavy atom. The molecule has 2 amide bonds. The van der Waals surface area contributed by atoms with Gasteiger partial charge in [-0.2, -0.15) is 0 Å². The standard InChI is InChI=1S/C22H28N2O4/c1-15(2)18(16-8-6-5-7-9-16)13-24-22(26)17-10-11-19(20(12-17)27-4)28-14-21(25)23-3/h5-12,15,18H,13-14H2,1-4H3,(H,23,25)(H,24,26). The molecule has 1 atom stereocenters. The number of methoxy groups -OCH3 is 1. The summed E-state index contributed by atoms with van der Waals surface area (Å²) < 4.78 is 10.7. The van der Waals surface area contributed by atoms with E-state index in [0.717, 1.165) is 0 Å². The van der Waals surface area contributed by atoms with Gasteiger partial charge in [0.05, 0.1) is 7.11 Å². The number of amides is 2. The first-order valence-corrected chi connectivity index (χ1v) is 9.30. The number of carbonyl (C=O) groups excluding carboxylic acids is 2. The lowest BCUT2D eigenvalue weighted by Crippen LogP contribution is -2.30. The smallest absolute Gasteiger partial charge is 0.257 e. The van der Waals surface area contributed by atoms with E-state index in [1.807, 2.05) is 18.2 Å². The summed E-state index contributed by atoms with van der Waals surface area (Å²) in [5.41, 5.74) is 1.67. The molecule has 0 heterocycles. The van der Waals surface area contributed by atoms with E-state index in [0.29, 0.717) is 29.5 Å². The van der Waals surface area contributed by atoms with Gasteiger partial charge in [0.2, 0.25) is 0 Å². The molecule has 150 valence electrons. The molecule has 0 aliphatic heterocycles. The topological polar surface area (TPSA) is 76.7 Å². The predicted molar refractivity (Wildman–Crippen MR) is 109 cm³/mol. The minimum Gasteiger partial charge on any atom is -0.493 e. The molecule has 0 radical (unpaired) electrons. The van der Waals surface area contributed by atoms with Crippen LogP contribution in [0.1, 0.15) is 35.7 Å². The van der Waals surface area contributed by atoms with Crippen molar-refractivity contribution in [3.8, 4) is 11.5 Å². The lowest BCUT2D eigenvalue weighted by Gasteiger charge is -2.22. The highest BCUT2D eigenvalue weighted by Crippen LogP contribution is 2.28. The highest BCUT2D eigenvalue weighted by molar-refractivity contribution is 5.95. The van der Waals surface area contributed by atoms with Crippen LogP contribution in [0.25, 0.3) is 0 Å². The summed E-state index contributed by atoms with van der Waals surface area (Å²) in [7, 11) is 3.03. The Balaban J connectivity index is 2.06. The van der Waals surface area contributed by atoms with Gasteiger partial charge in [0.25, 0.3) is 11.8 Å². The summed E-state index contributed by atoms with van der Waals surface area (Å²) in [5, 5.41) is 5.49. The lowest BCUT2D eigenvalue weighted by atomic mass is 9.88. The lowest BCUT2D eigenvalue weighted by molar-refractivity contribution is -0.122. The van der Waals surface area contributed by atoms with Crippen LogP contribution < -0.4 is 20.1 Å². The van der Waals surface area contributed by atoms with Gasteiger partial charge in [0.15, 0.2) is 18.1 Å². The maximum Gasteiger partial charge on any atom is 0.257 e. The Labute approximate surface area is 166 Å². The van der Waals surface area contributed by atoms with E-state index in [1.165, 1.54) is 19.7 Å². The van der Waals surface area contributed by atoms with E-state index >= 15 is 0 Å².